The van der Waals surface area contributed by atoms with Crippen molar-refractivity contribution >= 4 is 11.6 Å². The molecule has 0 radical (unpaired) electrons. The molecule has 0 aliphatic carbocycles. The van der Waals surface area contributed by atoms with E-state index in [-0.39, 0.29) is 12.7 Å². The summed E-state index contributed by atoms with van der Waals surface area (Å²) in [6, 6.07) is 13.3. The Balaban J connectivity index is 1.30. The van der Waals surface area contributed by atoms with Crippen LogP contribution in [0.5, 0.6) is 17.2 Å². The van der Waals surface area contributed by atoms with Crippen LogP contribution in [0.2, 0.25) is 0 Å². The maximum Gasteiger partial charge on any atom is 0.264 e. The van der Waals surface area contributed by atoms with E-state index in [0.717, 1.165) is 34.1 Å². The number of benzene rings is 2. The molecule has 1 unspecified atom stereocenters. The van der Waals surface area contributed by atoms with Gasteiger partial charge in [0, 0.05) is 24.9 Å². The van der Waals surface area contributed by atoms with Gasteiger partial charge < -0.3 is 24.4 Å². The second-order valence-electron chi connectivity index (χ2n) is 6.35. The zero-order valence-corrected chi connectivity index (χ0v) is 14.9. The summed E-state index contributed by atoms with van der Waals surface area (Å²) in [6.07, 6.45) is 0.461. The van der Waals surface area contributed by atoms with E-state index in [4.69, 9.17) is 19.0 Å². The number of hydrogen-bond donors (Lipinski definition) is 1. The first-order valence-electron chi connectivity index (χ1n) is 8.72. The lowest BCUT2D eigenvalue weighted by atomic mass is 10.0. The predicted octanol–water partition coefficient (Wildman–Crippen LogP) is 2.43. The van der Waals surface area contributed by atoms with Crippen molar-refractivity contribution in [2.75, 3.05) is 13.9 Å². The molecule has 140 valence electrons. The number of rotatable bonds is 6. The first-order chi connectivity index (χ1) is 13.2. The van der Waals surface area contributed by atoms with E-state index in [1.54, 1.807) is 7.11 Å². The number of carbonyl (C=O) groups is 1. The highest BCUT2D eigenvalue weighted by molar-refractivity contribution is 5.94. The summed E-state index contributed by atoms with van der Waals surface area (Å²) in [5, 5.41) is 6.96. The Morgan fingerprint density at radius 2 is 2.07 bits per heavy atom. The normalized spacial score (nSPS) is 17.2. The van der Waals surface area contributed by atoms with Crippen LogP contribution in [0.1, 0.15) is 17.5 Å². The van der Waals surface area contributed by atoms with Gasteiger partial charge in [0.25, 0.3) is 5.91 Å². The number of oxime groups is 1. The fourth-order valence-corrected chi connectivity index (χ4v) is 3.10. The van der Waals surface area contributed by atoms with E-state index in [1.807, 2.05) is 42.5 Å². The van der Waals surface area contributed by atoms with Crippen molar-refractivity contribution in [1.29, 1.82) is 0 Å². The van der Waals surface area contributed by atoms with E-state index in [0.29, 0.717) is 19.4 Å². The second kappa shape index (κ2) is 7.57. The molecule has 4 rings (SSSR count). The smallest absolute Gasteiger partial charge is 0.264 e. The van der Waals surface area contributed by atoms with Crippen LogP contribution in [0, 0.1) is 0 Å². The van der Waals surface area contributed by atoms with Gasteiger partial charge in [-0.15, -0.1) is 0 Å². The van der Waals surface area contributed by atoms with Crippen LogP contribution in [0.4, 0.5) is 0 Å². The Bertz CT molecular complexity index is 880. The molecule has 0 fully saturated rings. The Kier molecular flexibility index (Phi) is 4.82. The summed E-state index contributed by atoms with van der Waals surface area (Å²) in [4.78, 5) is 17.7. The number of methoxy groups -OCH3 is 1. The number of hydrogen-bond acceptors (Lipinski definition) is 6. The number of carbonyl (C=O) groups excluding carboxylic acids is 1. The molecule has 1 N–H and O–H groups in total. The number of para-hydroxylation sites is 1. The largest absolute Gasteiger partial charge is 0.496 e. The monoisotopic (exact) mass is 368 g/mol. The number of fused-ring (bicyclic) bond motifs is 1. The standard InChI is InChI=1S/C20H20N2O5/c1-24-16-5-3-2-4-14(16)11-21-20(23)19-10-15(22-27-19)8-13-6-7-17-18(9-13)26-12-25-17/h2-7,9,19H,8,10-12H2,1H3,(H,21,23). The molecule has 1 amide bonds. The average molecular weight is 368 g/mol. The molecule has 2 aliphatic rings. The van der Waals surface area contributed by atoms with Crippen LogP contribution in [-0.4, -0.2) is 31.6 Å². The summed E-state index contributed by atoms with van der Waals surface area (Å²) in [5.74, 6) is 2.03. The average Bonchev–Trinajstić information content (AvgIpc) is 3.35. The van der Waals surface area contributed by atoms with E-state index >= 15 is 0 Å². The number of ether oxygens (including phenoxy) is 3. The third kappa shape index (κ3) is 3.81. The number of nitrogens with one attached hydrogen (secondary N) is 1. The molecule has 7 heteroatoms. The molecule has 0 saturated carbocycles. The van der Waals surface area contributed by atoms with Crippen molar-refractivity contribution in [3.63, 3.8) is 0 Å². The van der Waals surface area contributed by atoms with Gasteiger partial charge in [0.05, 0.1) is 12.8 Å². The minimum Gasteiger partial charge on any atom is -0.496 e. The Morgan fingerprint density at radius 3 is 2.96 bits per heavy atom. The van der Waals surface area contributed by atoms with Gasteiger partial charge in [-0.2, -0.15) is 0 Å². The molecule has 7 nitrogen and oxygen atoms in total. The van der Waals surface area contributed by atoms with Crippen LogP contribution in [0.15, 0.2) is 47.6 Å². The minimum absolute atomic E-state index is 0.189. The molecule has 1 atom stereocenters. The van der Waals surface area contributed by atoms with Crippen molar-refractivity contribution in [3.8, 4) is 17.2 Å². The summed E-state index contributed by atoms with van der Waals surface area (Å²) in [7, 11) is 1.61. The first kappa shape index (κ1) is 17.2. The number of nitrogens with zero attached hydrogens (tertiary/aromatic N) is 1. The first-order valence-corrected chi connectivity index (χ1v) is 8.72. The van der Waals surface area contributed by atoms with Gasteiger partial charge in [0.1, 0.15) is 5.75 Å². The van der Waals surface area contributed by atoms with E-state index < -0.39 is 6.10 Å². The molecule has 0 spiro atoms. The van der Waals surface area contributed by atoms with E-state index in [2.05, 4.69) is 10.5 Å². The SMILES string of the molecule is COc1ccccc1CNC(=O)C1CC(Cc2ccc3c(c2)OCO3)=NO1. The molecule has 2 heterocycles. The maximum absolute atomic E-state index is 12.4. The number of amides is 1. The third-order valence-corrected chi connectivity index (χ3v) is 4.51. The Morgan fingerprint density at radius 1 is 1.22 bits per heavy atom. The summed E-state index contributed by atoms with van der Waals surface area (Å²) in [6.45, 7) is 0.623. The highest BCUT2D eigenvalue weighted by atomic mass is 16.7. The Labute approximate surface area is 156 Å². The molecule has 0 saturated heterocycles. The van der Waals surface area contributed by atoms with Crippen LogP contribution in [0.3, 0.4) is 0 Å². The van der Waals surface area contributed by atoms with Gasteiger partial charge >= 0.3 is 0 Å². The van der Waals surface area contributed by atoms with Gasteiger partial charge in [-0.3, -0.25) is 4.79 Å². The minimum atomic E-state index is -0.608. The summed E-state index contributed by atoms with van der Waals surface area (Å²) in [5.41, 5.74) is 2.77. The van der Waals surface area contributed by atoms with Crippen LogP contribution in [-0.2, 0) is 22.6 Å². The lowest BCUT2D eigenvalue weighted by molar-refractivity contribution is -0.131. The topological polar surface area (TPSA) is 78.4 Å². The molecule has 2 aliphatic heterocycles. The molecule has 0 aromatic heterocycles. The summed E-state index contributed by atoms with van der Waals surface area (Å²) < 4.78 is 16.0. The molecule has 2 aromatic rings. The zero-order chi connectivity index (χ0) is 18.6. The predicted molar refractivity (Wildman–Crippen MR) is 98.0 cm³/mol. The van der Waals surface area contributed by atoms with Crippen molar-refractivity contribution in [2.45, 2.75) is 25.5 Å². The van der Waals surface area contributed by atoms with Crippen LogP contribution < -0.4 is 19.5 Å². The van der Waals surface area contributed by atoms with Crippen LogP contribution >= 0.6 is 0 Å². The van der Waals surface area contributed by atoms with Crippen molar-refractivity contribution in [1.82, 2.24) is 5.32 Å². The maximum atomic E-state index is 12.4. The van der Waals surface area contributed by atoms with Gasteiger partial charge in [-0.1, -0.05) is 29.4 Å². The highest BCUT2D eigenvalue weighted by Gasteiger charge is 2.28. The summed E-state index contributed by atoms with van der Waals surface area (Å²) >= 11 is 0. The molecule has 0 bridgehead atoms. The lowest BCUT2D eigenvalue weighted by Crippen LogP contribution is -2.34. The fourth-order valence-electron chi connectivity index (χ4n) is 3.10. The Hall–Kier alpha value is -3.22. The lowest BCUT2D eigenvalue weighted by Gasteiger charge is -2.11. The second-order valence-corrected chi connectivity index (χ2v) is 6.35. The van der Waals surface area contributed by atoms with Gasteiger partial charge in [-0.05, 0) is 23.8 Å². The quantitative estimate of drug-likeness (QED) is 0.847. The van der Waals surface area contributed by atoms with Crippen molar-refractivity contribution in [3.05, 3.63) is 53.6 Å². The fraction of sp³-hybridized carbons (Fsp3) is 0.300. The molecular formula is C20H20N2O5. The van der Waals surface area contributed by atoms with E-state index in [1.165, 1.54) is 0 Å². The van der Waals surface area contributed by atoms with Crippen molar-refractivity contribution in [2.24, 2.45) is 5.16 Å². The van der Waals surface area contributed by atoms with E-state index in [9.17, 15) is 4.79 Å². The van der Waals surface area contributed by atoms with Gasteiger partial charge in [-0.25, -0.2) is 0 Å². The van der Waals surface area contributed by atoms with Gasteiger partial charge in [0.2, 0.25) is 12.9 Å². The molecular weight excluding hydrogens is 348 g/mol. The van der Waals surface area contributed by atoms with Crippen molar-refractivity contribution < 1.29 is 23.8 Å². The molecule has 27 heavy (non-hydrogen) atoms. The molecule has 2 aromatic carbocycles. The highest BCUT2D eigenvalue weighted by Crippen LogP contribution is 2.33. The van der Waals surface area contributed by atoms with Crippen LogP contribution in [0.25, 0.3) is 0 Å². The zero-order valence-electron chi connectivity index (χ0n) is 14.9. The van der Waals surface area contributed by atoms with Gasteiger partial charge in [0.15, 0.2) is 11.5 Å². The third-order valence-electron chi connectivity index (χ3n) is 4.51.